The second-order valence-electron chi connectivity index (χ2n) is 8.07. The van der Waals surface area contributed by atoms with Crippen molar-refractivity contribution in [2.45, 2.75) is 6.54 Å². The van der Waals surface area contributed by atoms with Gasteiger partial charge in [0.15, 0.2) is 5.82 Å². The molecule has 0 bridgehead atoms. The van der Waals surface area contributed by atoms with Crippen LogP contribution in [0.1, 0.15) is 15.9 Å². The summed E-state index contributed by atoms with van der Waals surface area (Å²) in [7, 11) is 1.52. The number of nitrogens with zero attached hydrogens (tertiary/aromatic N) is 5. The molecule has 9 heteroatoms. The molecule has 0 spiro atoms. The first kappa shape index (κ1) is 22.5. The molecule has 4 heterocycles. The van der Waals surface area contributed by atoms with Crippen molar-refractivity contribution in [1.29, 1.82) is 0 Å². The van der Waals surface area contributed by atoms with Crippen molar-refractivity contribution >= 4 is 11.6 Å². The van der Waals surface area contributed by atoms with Gasteiger partial charge in [0.05, 0.1) is 31.6 Å². The molecule has 1 aromatic carbocycles. The largest absolute Gasteiger partial charge is 0.496 e. The number of amides is 1. The molecule has 0 aliphatic carbocycles. The van der Waals surface area contributed by atoms with Crippen LogP contribution in [0.15, 0.2) is 73.3 Å². The van der Waals surface area contributed by atoms with Crippen molar-refractivity contribution in [3.8, 4) is 22.8 Å². The van der Waals surface area contributed by atoms with Crippen LogP contribution in [0.2, 0.25) is 0 Å². The van der Waals surface area contributed by atoms with Gasteiger partial charge in [-0.3, -0.25) is 9.78 Å². The van der Waals surface area contributed by atoms with Crippen LogP contribution >= 0.6 is 0 Å². The first-order chi connectivity index (χ1) is 17.2. The Morgan fingerprint density at radius 2 is 1.91 bits per heavy atom. The number of ether oxygens (including phenoxy) is 2. The van der Waals surface area contributed by atoms with Gasteiger partial charge in [-0.15, -0.1) is 0 Å². The number of carbonyl (C=O) groups is 1. The number of pyridine rings is 2. The Morgan fingerprint density at radius 3 is 2.60 bits per heavy atom. The van der Waals surface area contributed by atoms with Crippen molar-refractivity contribution in [2.24, 2.45) is 0 Å². The summed E-state index contributed by atoms with van der Waals surface area (Å²) in [6.45, 7) is 3.69. The molecule has 0 unspecified atom stereocenters. The summed E-state index contributed by atoms with van der Waals surface area (Å²) < 4.78 is 12.4. The minimum Gasteiger partial charge on any atom is -0.496 e. The van der Waals surface area contributed by atoms with Crippen LogP contribution in [0.4, 0.5) is 5.69 Å². The number of anilines is 1. The molecule has 0 radical (unpaired) electrons. The van der Waals surface area contributed by atoms with E-state index in [0.717, 1.165) is 43.1 Å². The fourth-order valence-electron chi connectivity index (χ4n) is 3.94. The molecule has 3 aromatic heterocycles. The SMILES string of the molecule is COc1cc(-n2cccn2)ncc1C(=O)NCc1ccc(-c2ccc(N3CCOCC3)cc2)nc1. The van der Waals surface area contributed by atoms with Crippen molar-refractivity contribution < 1.29 is 14.3 Å². The number of aromatic nitrogens is 4. The van der Waals surface area contributed by atoms with Crippen LogP contribution in [-0.2, 0) is 11.3 Å². The van der Waals surface area contributed by atoms with E-state index in [1.165, 1.54) is 19.0 Å². The lowest BCUT2D eigenvalue weighted by atomic mass is 10.1. The fraction of sp³-hybridized carbons (Fsp3) is 0.231. The van der Waals surface area contributed by atoms with Gasteiger partial charge in [0.25, 0.3) is 5.91 Å². The van der Waals surface area contributed by atoms with Crippen molar-refractivity contribution in [2.75, 3.05) is 38.3 Å². The van der Waals surface area contributed by atoms with Gasteiger partial charge in [0.1, 0.15) is 5.75 Å². The molecule has 1 saturated heterocycles. The van der Waals surface area contributed by atoms with Gasteiger partial charge in [-0.1, -0.05) is 18.2 Å². The summed E-state index contributed by atoms with van der Waals surface area (Å²) in [4.78, 5) is 24.0. The topological polar surface area (TPSA) is 94.4 Å². The molecule has 35 heavy (non-hydrogen) atoms. The van der Waals surface area contributed by atoms with Gasteiger partial charge in [0, 0.05) is 61.7 Å². The number of hydrogen-bond acceptors (Lipinski definition) is 7. The summed E-state index contributed by atoms with van der Waals surface area (Å²) in [6.07, 6.45) is 6.71. The molecule has 1 fully saturated rings. The van der Waals surface area contributed by atoms with Crippen LogP contribution in [0.3, 0.4) is 0 Å². The van der Waals surface area contributed by atoms with E-state index < -0.39 is 0 Å². The maximum Gasteiger partial charge on any atom is 0.256 e. The molecule has 0 atom stereocenters. The fourth-order valence-corrected chi connectivity index (χ4v) is 3.94. The lowest BCUT2D eigenvalue weighted by Crippen LogP contribution is -2.36. The molecule has 1 amide bonds. The predicted octanol–water partition coefficient (Wildman–Crippen LogP) is 3.10. The standard InChI is InChI=1S/C26H26N6O3/c1-34-24-15-25(32-10-2-9-30-32)28-18-22(24)26(33)29-17-19-3-8-23(27-16-19)20-4-6-21(7-5-20)31-11-13-35-14-12-31/h2-10,15-16,18H,11-14,17H2,1H3,(H,29,33). The number of carbonyl (C=O) groups excluding carboxylic acids is 1. The van der Waals surface area contributed by atoms with Crippen LogP contribution in [0.25, 0.3) is 17.1 Å². The van der Waals surface area contributed by atoms with Crippen LogP contribution in [0.5, 0.6) is 5.75 Å². The number of nitrogens with one attached hydrogen (secondary N) is 1. The number of methoxy groups -OCH3 is 1. The minimum absolute atomic E-state index is 0.274. The normalized spacial score (nSPS) is 13.5. The molecule has 5 rings (SSSR count). The zero-order valence-corrected chi connectivity index (χ0v) is 19.4. The second kappa shape index (κ2) is 10.4. The monoisotopic (exact) mass is 470 g/mol. The summed E-state index contributed by atoms with van der Waals surface area (Å²) in [5.41, 5.74) is 4.37. The first-order valence-corrected chi connectivity index (χ1v) is 11.4. The third-order valence-corrected chi connectivity index (χ3v) is 5.87. The third kappa shape index (κ3) is 5.15. The molecule has 4 aromatic rings. The maximum absolute atomic E-state index is 12.8. The zero-order valence-electron chi connectivity index (χ0n) is 19.4. The Morgan fingerprint density at radius 1 is 1.09 bits per heavy atom. The van der Waals surface area contributed by atoms with E-state index in [1.807, 2.05) is 12.1 Å². The lowest BCUT2D eigenvalue weighted by molar-refractivity contribution is 0.0947. The summed E-state index contributed by atoms with van der Waals surface area (Å²) in [6, 6.07) is 15.8. The Bertz CT molecular complexity index is 1270. The highest BCUT2D eigenvalue weighted by atomic mass is 16.5. The van der Waals surface area contributed by atoms with Crippen molar-refractivity contribution in [1.82, 2.24) is 25.1 Å². The van der Waals surface area contributed by atoms with E-state index in [1.54, 1.807) is 35.4 Å². The summed E-state index contributed by atoms with van der Waals surface area (Å²) in [5, 5.41) is 7.06. The Labute approximate surface area is 203 Å². The minimum atomic E-state index is -0.274. The third-order valence-electron chi connectivity index (χ3n) is 5.87. The number of hydrogen-bond donors (Lipinski definition) is 1. The summed E-state index contributed by atoms with van der Waals surface area (Å²) in [5.74, 6) is 0.724. The van der Waals surface area contributed by atoms with Crippen molar-refractivity contribution in [3.05, 3.63) is 84.4 Å². The van der Waals surface area contributed by atoms with E-state index >= 15 is 0 Å². The molecule has 1 aliphatic heterocycles. The Balaban J connectivity index is 1.21. The average molecular weight is 471 g/mol. The van der Waals surface area contributed by atoms with Crippen LogP contribution in [0, 0.1) is 0 Å². The highest BCUT2D eigenvalue weighted by Crippen LogP contribution is 2.23. The van der Waals surface area contributed by atoms with Gasteiger partial charge in [-0.05, 0) is 29.8 Å². The number of rotatable bonds is 7. The Kier molecular flexibility index (Phi) is 6.67. The molecule has 9 nitrogen and oxygen atoms in total. The van der Waals surface area contributed by atoms with Gasteiger partial charge < -0.3 is 19.7 Å². The van der Waals surface area contributed by atoms with E-state index in [-0.39, 0.29) is 5.91 Å². The molecular weight excluding hydrogens is 444 g/mol. The highest BCUT2D eigenvalue weighted by molar-refractivity contribution is 5.96. The molecule has 178 valence electrons. The molecular formula is C26H26N6O3. The number of benzene rings is 1. The van der Waals surface area contributed by atoms with Crippen molar-refractivity contribution in [3.63, 3.8) is 0 Å². The van der Waals surface area contributed by atoms with Crippen LogP contribution < -0.4 is 15.0 Å². The van der Waals surface area contributed by atoms with Crippen LogP contribution in [-0.4, -0.2) is 59.1 Å². The van der Waals surface area contributed by atoms with Gasteiger partial charge in [-0.25, -0.2) is 9.67 Å². The van der Waals surface area contributed by atoms with E-state index in [2.05, 4.69) is 49.5 Å². The summed E-state index contributed by atoms with van der Waals surface area (Å²) >= 11 is 0. The molecule has 1 aliphatic rings. The van der Waals surface area contributed by atoms with Gasteiger partial charge >= 0.3 is 0 Å². The zero-order chi connectivity index (χ0) is 24.0. The smallest absolute Gasteiger partial charge is 0.256 e. The Hall–Kier alpha value is -4.24. The number of morpholine rings is 1. The maximum atomic E-state index is 12.8. The highest BCUT2D eigenvalue weighted by Gasteiger charge is 2.15. The lowest BCUT2D eigenvalue weighted by Gasteiger charge is -2.28. The first-order valence-electron chi connectivity index (χ1n) is 11.4. The van der Waals surface area contributed by atoms with E-state index in [4.69, 9.17) is 9.47 Å². The predicted molar refractivity (Wildman–Crippen MR) is 132 cm³/mol. The average Bonchev–Trinajstić information content (AvgIpc) is 3.47. The molecule has 1 N–H and O–H groups in total. The van der Waals surface area contributed by atoms with E-state index in [9.17, 15) is 4.79 Å². The van der Waals surface area contributed by atoms with Gasteiger partial charge in [-0.2, -0.15) is 5.10 Å². The van der Waals surface area contributed by atoms with E-state index in [0.29, 0.717) is 23.7 Å². The molecule has 0 saturated carbocycles. The quantitative estimate of drug-likeness (QED) is 0.444. The van der Waals surface area contributed by atoms with Gasteiger partial charge in [0.2, 0.25) is 0 Å². The second-order valence-corrected chi connectivity index (χ2v) is 8.07.